The molecule has 2 aromatic rings. The third-order valence-corrected chi connectivity index (χ3v) is 6.42. The molecule has 1 fully saturated rings. The molecule has 4 rings (SSSR count). The fraction of sp³-hybridized carbons (Fsp3) is 0.304. The molecular weight excluding hydrogens is 382 g/mol. The molecule has 1 aromatic heterocycles. The Bertz CT molecular complexity index is 939. The summed E-state index contributed by atoms with van der Waals surface area (Å²) in [6.45, 7) is 8.31. The lowest BCUT2D eigenvalue weighted by Crippen LogP contribution is -2.32. The van der Waals surface area contributed by atoms with Crippen LogP contribution >= 0.6 is 11.3 Å². The summed E-state index contributed by atoms with van der Waals surface area (Å²) in [6.07, 6.45) is 4.00. The van der Waals surface area contributed by atoms with Crippen LogP contribution in [0.25, 0.3) is 5.57 Å². The fourth-order valence-corrected chi connectivity index (χ4v) is 4.57. The molecule has 5 nitrogen and oxygen atoms in total. The van der Waals surface area contributed by atoms with E-state index >= 15 is 0 Å². The van der Waals surface area contributed by atoms with Crippen LogP contribution in [0.4, 0.5) is 11.4 Å². The van der Waals surface area contributed by atoms with E-state index in [0.29, 0.717) is 11.3 Å². The van der Waals surface area contributed by atoms with Gasteiger partial charge in [-0.25, -0.2) is 0 Å². The Morgan fingerprint density at radius 3 is 2.48 bits per heavy atom. The Labute approximate surface area is 175 Å². The predicted octanol–water partition coefficient (Wildman–Crippen LogP) is 4.36. The zero-order valence-corrected chi connectivity index (χ0v) is 17.4. The Hall–Kier alpha value is -2.86. The summed E-state index contributed by atoms with van der Waals surface area (Å²) in [4.78, 5) is 30.2. The first-order valence-corrected chi connectivity index (χ1v) is 10.8. The molecule has 3 heterocycles. The normalized spacial score (nSPS) is 18.0. The summed E-state index contributed by atoms with van der Waals surface area (Å²) in [7, 11) is 0. The van der Waals surface area contributed by atoms with Crippen molar-refractivity contribution in [1.82, 2.24) is 4.90 Å². The van der Waals surface area contributed by atoms with Crippen molar-refractivity contribution in [1.29, 1.82) is 0 Å². The van der Waals surface area contributed by atoms with Gasteiger partial charge in [-0.3, -0.25) is 14.5 Å². The van der Waals surface area contributed by atoms with Crippen molar-refractivity contribution in [2.75, 3.05) is 29.9 Å². The van der Waals surface area contributed by atoms with Gasteiger partial charge in [-0.2, -0.15) is 0 Å². The van der Waals surface area contributed by atoms with Gasteiger partial charge in [0.15, 0.2) is 0 Å². The van der Waals surface area contributed by atoms with Gasteiger partial charge in [-0.15, -0.1) is 17.9 Å². The van der Waals surface area contributed by atoms with E-state index in [2.05, 4.69) is 35.9 Å². The second-order valence-electron chi connectivity index (χ2n) is 7.58. The SMILES string of the molecule is C=CCN1C(=O)C(Nc2ccc(N3CCC(C)CC3)cc2)=C(c2cccs2)C1=O. The number of carbonyl (C=O) groups excluding carboxylic acids is 2. The smallest absolute Gasteiger partial charge is 0.278 e. The van der Waals surface area contributed by atoms with Gasteiger partial charge in [0.25, 0.3) is 11.8 Å². The fourth-order valence-electron chi connectivity index (χ4n) is 3.80. The van der Waals surface area contributed by atoms with E-state index in [0.717, 1.165) is 29.6 Å². The number of imide groups is 1. The maximum Gasteiger partial charge on any atom is 0.278 e. The van der Waals surface area contributed by atoms with E-state index in [-0.39, 0.29) is 18.4 Å². The van der Waals surface area contributed by atoms with Gasteiger partial charge in [0, 0.05) is 35.9 Å². The molecule has 0 spiro atoms. The van der Waals surface area contributed by atoms with Crippen molar-refractivity contribution in [2.45, 2.75) is 19.8 Å². The molecule has 6 heteroatoms. The van der Waals surface area contributed by atoms with E-state index in [4.69, 9.17) is 0 Å². The van der Waals surface area contributed by atoms with Crippen molar-refractivity contribution in [3.8, 4) is 0 Å². The number of nitrogens with one attached hydrogen (secondary N) is 1. The van der Waals surface area contributed by atoms with Gasteiger partial charge >= 0.3 is 0 Å². The summed E-state index contributed by atoms with van der Waals surface area (Å²) in [5.74, 6) is 0.200. The first kappa shape index (κ1) is 19.5. The number of carbonyl (C=O) groups is 2. The number of piperidine rings is 1. The van der Waals surface area contributed by atoms with Gasteiger partial charge in [0.05, 0.1) is 5.57 Å². The Kier molecular flexibility index (Phi) is 5.53. The number of hydrogen-bond acceptors (Lipinski definition) is 5. The molecule has 0 saturated carbocycles. The minimum absolute atomic E-state index is 0.198. The van der Waals surface area contributed by atoms with Gasteiger partial charge in [-0.05, 0) is 54.5 Å². The van der Waals surface area contributed by atoms with Crippen molar-refractivity contribution in [3.63, 3.8) is 0 Å². The van der Waals surface area contributed by atoms with Gasteiger partial charge in [0.1, 0.15) is 5.70 Å². The second-order valence-corrected chi connectivity index (χ2v) is 8.53. The van der Waals surface area contributed by atoms with Crippen LogP contribution in [0, 0.1) is 5.92 Å². The van der Waals surface area contributed by atoms with Crippen LogP contribution in [0.1, 0.15) is 24.6 Å². The second kappa shape index (κ2) is 8.25. The zero-order valence-electron chi connectivity index (χ0n) is 16.6. The van der Waals surface area contributed by atoms with Crippen LogP contribution in [0.5, 0.6) is 0 Å². The number of thiophene rings is 1. The van der Waals surface area contributed by atoms with Crippen molar-refractivity contribution in [2.24, 2.45) is 5.92 Å². The molecule has 1 aromatic carbocycles. The maximum absolute atomic E-state index is 12.9. The minimum atomic E-state index is -0.313. The largest absolute Gasteiger partial charge is 0.372 e. The van der Waals surface area contributed by atoms with Crippen molar-refractivity contribution < 1.29 is 9.59 Å². The number of hydrogen-bond donors (Lipinski definition) is 1. The highest BCUT2D eigenvalue weighted by Crippen LogP contribution is 2.33. The van der Waals surface area contributed by atoms with E-state index in [1.54, 1.807) is 6.08 Å². The Morgan fingerprint density at radius 2 is 1.86 bits per heavy atom. The minimum Gasteiger partial charge on any atom is -0.372 e. The average Bonchev–Trinajstić information content (AvgIpc) is 3.33. The first-order valence-electron chi connectivity index (χ1n) is 9.95. The van der Waals surface area contributed by atoms with Crippen LogP contribution in [0.15, 0.2) is 60.1 Å². The topological polar surface area (TPSA) is 52.7 Å². The highest BCUT2D eigenvalue weighted by Gasteiger charge is 2.39. The van der Waals surface area contributed by atoms with Gasteiger partial charge in [-0.1, -0.05) is 19.1 Å². The number of nitrogens with zero attached hydrogens (tertiary/aromatic N) is 2. The molecule has 0 radical (unpaired) electrons. The van der Waals surface area contributed by atoms with Crippen LogP contribution in [-0.4, -0.2) is 36.3 Å². The lowest BCUT2D eigenvalue weighted by Gasteiger charge is -2.32. The summed E-state index contributed by atoms with van der Waals surface area (Å²) in [5.41, 5.74) is 2.75. The lowest BCUT2D eigenvalue weighted by atomic mass is 9.99. The first-order chi connectivity index (χ1) is 14.1. The molecular formula is C23H25N3O2S. The molecule has 150 valence electrons. The highest BCUT2D eigenvalue weighted by atomic mass is 32.1. The van der Waals surface area contributed by atoms with Gasteiger partial charge < -0.3 is 10.2 Å². The highest BCUT2D eigenvalue weighted by molar-refractivity contribution is 7.11. The standard InChI is InChI=1S/C23H25N3O2S/c1-3-12-26-22(27)20(19-5-4-15-29-19)21(23(26)28)24-17-6-8-18(9-7-17)25-13-10-16(2)11-14-25/h3-9,15-16,24H,1,10-14H2,2H3. The molecule has 0 unspecified atom stereocenters. The Morgan fingerprint density at radius 1 is 1.14 bits per heavy atom. The molecule has 2 aliphatic heterocycles. The van der Waals surface area contributed by atoms with E-state index in [1.165, 1.54) is 34.8 Å². The molecule has 0 aliphatic carbocycles. The number of amides is 2. The molecule has 29 heavy (non-hydrogen) atoms. The molecule has 1 saturated heterocycles. The molecule has 2 amide bonds. The lowest BCUT2D eigenvalue weighted by molar-refractivity contribution is -0.136. The Balaban J connectivity index is 1.58. The molecule has 1 N–H and O–H groups in total. The van der Waals surface area contributed by atoms with Crippen LogP contribution in [0.2, 0.25) is 0 Å². The van der Waals surface area contributed by atoms with Crippen LogP contribution in [0.3, 0.4) is 0 Å². The third kappa shape index (κ3) is 3.85. The van der Waals surface area contributed by atoms with Crippen LogP contribution < -0.4 is 10.2 Å². The number of benzene rings is 1. The number of rotatable bonds is 6. The molecule has 0 atom stereocenters. The van der Waals surface area contributed by atoms with Crippen molar-refractivity contribution >= 4 is 40.1 Å². The van der Waals surface area contributed by atoms with E-state index < -0.39 is 0 Å². The number of anilines is 2. The summed E-state index contributed by atoms with van der Waals surface area (Å²) >= 11 is 1.45. The summed E-state index contributed by atoms with van der Waals surface area (Å²) in [6, 6.07) is 11.8. The molecule has 0 bridgehead atoms. The third-order valence-electron chi connectivity index (χ3n) is 5.53. The monoisotopic (exact) mass is 407 g/mol. The molecule has 2 aliphatic rings. The van der Waals surface area contributed by atoms with Crippen LogP contribution in [-0.2, 0) is 9.59 Å². The predicted molar refractivity (Wildman–Crippen MR) is 119 cm³/mol. The van der Waals surface area contributed by atoms with Crippen molar-refractivity contribution in [3.05, 3.63) is 65.0 Å². The van der Waals surface area contributed by atoms with E-state index in [9.17, 15) is 9.59 Å². The maximum atomic E-state index is 12.9. The summed E-state index contributed by atoms with van der Waals surface area (Å²) < 4.78 is 0. The quantitative estimate of drug-likeness (QED) is 0.571. The van der Waals surface area contributed by atoms with Gasteiger partial charge in [0.2, 0.25) is 0 Å². The zero-order chi connectivity index (χ0) is 20.4. The van der Waals surface area contributed by atoms with E-state index in [1.807, 2.05) is 29.6 Å². The average molecular weight is 408 g/mol. The summed E-state index contributed by atoms with van der Waals surface area (Å²) in [5, 5.41) is 5.11.